The third-order valence-corrected chi connectivity index (χ3v) is 3.86. The molecule has 23 heavy (non-hydrogen) atoms. The SMILES string of the molecule is C=CN=NOCCCCCCCC(=O)CCCCCCC(C)C. The van der Waals surface area contributed by atoms with Gasteiger partial charge in [-0.15, -0.1) is 5.11 Å². The molecule has 0 bridgehead atoms. The highest BCUT2D eigenvalue weighted by atomic mass is 16.6. The van der Waals surface area contributed by atoms with Crippen molar-refractivity contribution in [3.63, 3.8) is 0 Å². The van der Waals surface area contributed by atoms with Crippen LogP contribution in [0.4, 0.5) is 0 Å². The Morgan fingerprint density at radius 2 is 1.52 bits per heavy atom. The zero-order chi connectivity index (χ0) is 17.2. The minimum Gasteiger partial charge on any atom is -0.379 e. The summed E-state index contributed by atoms with van der Waals surface area (Å²) in [5, 5.41) is 6.98. The van der Waals surface area contributed by atoms with Crippen molar-refractivity contribution >= 4 is 5.78 Å². The highest BCUT2D eigenvalue weighted by Gasteiger charge is 2.02. The maximum absolute atomic E-state index is 11.8. The molecule has 134 valence electrons. The normalized spacial score (nSPS) is 11.3. The first-order valence-corrected chi connectivity index (χ1v) is 9.31. The molecule has 0 saturated heterocycles. The molecular formula is C19H36N2O2. The van der Waals surface area contributed by atoms with E-state index in [2.05, 4.69) is 30.8 Å². The number of rotatable bonds is 17. The van der Waals surface area contributed by atoms with Crippen LogP contribution in [0, 0.1) is 5.92 Å². The van der Waals surface area contributed by atoms with E-state index in [0.717, 1.165) is 57.3 Å². The van der Waals surface area contributed by atoms with Crippen LogP contribution in [0.2, 0.25) is 0 Å². The first-order chi connectivity index (χ1) is 11.2. The number of carbonyl (C=O) groups excluding carboxylic acids is 1. The van der Waals surface area contributed by atoms with Crippen molar-refractivity contribution in [2.45, 2.75) is 90.9 Å². The zero-order valence-corrected chi connectivity index (χ0v) is 15.3. The smallest absolute Gasteiger partial charge is 0.132 e. The lowest BCUT2D eigenvalue weighted by Gasteiger charge is -2.04. The Hall–Kier alpha value is -1.19. The van der Waals surface area contributed by atoms with E-state index in [1.807, 2.05) is 0 Å². The Morgan fingerprint density at radius 3 is 2.13 bits per heavy atom. The fourth-order valence-corrected chi connectivity index (χ4v) is 2.48. The molecule has 0 atom stereocenters. The predicted octanol–water partition coefficient (Wildman–Crippen LogP) is 6.42. The van der Waals surface area contributed by atoms with Gasteiger partial charge in [-0.1, -0.05) is 59.0 Å². The number of hydrogen-bond acceptors (Lipinski definition) is 4. The number of nitrogens with zero attached hydrogens (tertiary/aromatic N) is 2. The minimum absolute atomic E-state index is 0.446. The molecule has 0 radical (unpaired) electrons. The lowest BCUT2D eigenvalue weighted by Crippen LogP contribution is -1.98. The van der Waals surface area contributed by atoms with Gasteiger partial charge in [0.15, 0.2) is 0 Å². The molecule has 0 aliphatic heterocycles. The molecule has 0 N–H and O–H groups in total. The van der Waals surface area contributed by atoms with Crippen LogP contribution in [0.5, 0.6) is 0 Å². The Morgan fingerprint density at radius 1 is 0.957 bits per heavy atom. The lowest BCUT2D eigenvalue weighted by atomic mass is 10.0. The summed E-state index contributed by atoms with van der Waals surface area (Å²) in [4.78, 5) is 16.7. The summed E-state index contributed by atoms with van der Waals surface area (Å²) in [6.07, 6.45) is 14.5. The highest BCUT2D eigenvalue weighted by Crippen LogP contribution is 2.12. The second-order valence-corrected chi connectivity index (χ2v) is 6.62. The Balaban J connectivity index is 3.21. The molecule has 4 nitrogen and oxygen atoms in total. The second kappa shape index (κ2) is 17.2. The van der Waals surface area contributed by atoms with Gasteiger partial charge in [0.25, 0.3) is 0 Å². The van der Waals surface area contributed by atoms with Crippen molar-refractivity contribution in [3.05, 3.63) is 12.8 Å². The van der Waals surface area contributed by atoms with Crippen LogP contribution in [0.1, 0.15) is 90.9 Å². The van der Waals surface area contributed by atoms with E-state index >= 15 is 0 Å². The average molecular weight is 325 g/mol. The van der Waals surface area contributed by atoms with Crippen LogP contribution in [0.15, 0.2) is 23.2 Å². The van der Waals surface area contributed by atoms with Gasteiger partial charge < -0.3 is 4.84 Å². The lowest BCUT2D eigenvalue weighted by molar-refractivity contribution is -0.119. The first kappa shape index (κ1) is 21.8. The number of unbranched alkanes of at least 4 members (excludes halogenated alkanes) is 7. The van der Waals surface area contributed by atoms with Crippen LogP contribution >= 0.6 is 0 Å². The number of ketones is 1. The fraction of sp³-hybridized carbons (Fsp3) is 0.842. The molecule has 0 aliphatic carbocycles. The summed E-state index contributed by atoms with van der Waals surface area (Å²) in [6.45, 7) is 8.55. The molecule has 0 aromatic rings. The van der Waals surface area contributed by atoms with Gasteiger partial charge in [-0.2, -0.15) is 0 Å². The quantitative estimate of drug-likeness (QED) is 0.176. The number of Topliss-reactive ketones (excluding diaryl/α,β-unsaturated/α-hetero) is 1. The van der Waals surface area contributed by atoms with Gasteiger partial charge >= 0.3 is 0 Å². The summed E-state index contributed by atoms with van der Waals surface area (Å²) < 4.78 is 0. The van der Waals surface area contributed by atoms with Crippen LogP contribution in [0.3, 0.4) is 0 Å². The second-order valence-electron chi connectivity index (χ2n) is 6.62. The Kier molecular flexibility index (Phi) is 16.3. The van der Waals surface area contributed by atoms with E-state index < -0.39 is 0 Å². The van der Waals surface area contributed by atoms with E-state index in [9.17, 15) is 4.79 Å². The van der Waals surface area contributed by atoms with Crippen molar-refractivity contribution in [1.29, 1.82) is 0 Å². The van der Waals surface area contributed by atoms with Crippen LogP contribution < -0.4 is 0 Å². The summed E-state index contributed by atoms with van der Waals surface area (Å²) in [7, 11) is 0. The van der Waals surface area contributed by atoms with Crippen molar-refractivity contribution in [3.8, 4) is 0 Å². The summed E-state index contributed by atoms with van der Waals surface area (Å²) >= 11 is 0. The van der Waals surface area contributed by atoms with E-state index in [0.29, 0.717) is 12.4 Å². The highest BCUT2D eigenvalue weighted by molar-refractivity contribution is 5.78. The summed E-state index contributed by atoms with van der Waals surface area (Å²) in [5.74, 6) is 1.25. The monoisotopic (exact) mass is 324 g/mol. The molecule has 0 fully saturated rings. The predicted molar refractivity (Wildman–Crippen MR) is 96.3 cm³/mol. The van der Waals surface area contributed by atoms with Crippen LogP contribution in [0.25, 0.3) is 0 Å². The molecule has 4 heteroatoms. The molecule has 0 spiro atoms. The minimum atomic E-state index is 0.446. The van der Waals surface area contributed by atoms with E-state index in [1.165, 1.54) is 31.9 Å². The van der Waals surface area contributed by atoms with Crippen molar-refractivity contribution in [2.75, 3.05) is 6.61 Å². The fourth-order valence-electron chi connectivity index (χ4n) is 2.48. The van der Waals surface area contributed by atoms with Crippen molar-refractivity contribution in [1.82, 2.24) is 0 Å². The average Bonchev–Trinajstić information content (AvgIpc) is 2.52. The molecule has 0 unspecified atom stereocenters. The van der Waals surface area contributed by atoms with Crippen molar-refractivity contribution < 1.29 is 9.63 Å². The maximum atomic E-state index is 11.8. The largest absolute Gasteiger partial charge is 0.379 e. The molecule has 0 heterocycles. The van der Waals surface area contributed by atoms with Gasteiger partial charge in [0, 0.05) is 24.3 Å². The van der Waals surface area contributed by atoms with Gasteiger partial charge in [0.1, 0.15) is 12.4 Å². The van der Waals surface area contributed by atoms with Gasteiger partial charge in [0.2, 0.25) is 0 Å². The van der Waals surface area contributed by atoms with Gasteiger partial charge in [-0.3, -0.25) is 4.79 Å². The molecular weight excluding hydrogens is 288 g/mol. The van der Waals surface area contributed by atoms with Crippen LogP contribution in [-0.2, 0) is 9.63 Å². The topological polar surface area (TPSA) is 51.0 Å². The Labute approximate surface area is 142 Å². The standard InChI is InChI=1S/C19H36N2O2/c1-4-20-21-23-17-13-9-5-6-11-15-19(22)16-12-8-7-10-14-18(2)3/h4,18H,1,5-17H2,2-3H3. The first-order valence-electron chi connectivity index (χ1n) is 9.31. The molecule has 0 aliphatic rings. The van der Waals surface area contributed by atoms with Gasteiger partial charge in [-0.05, 0) is 31.6 Å². The van der Waals surface area contributed by atoms with Crippen molar-refractivity contribution in [2.24, 2.45) is 16.3 Å². The molecule has 0 saturated carbocycles. The van der Waals surface area contributed by atoms with E-state index in [-0.39, 0.29) is 0 Å². The van der Waals surface area contributed by atoms with E-state index in [4.69, 9.17) is 4.84 Å². The zero-order valence-electron chi connectivity index (χ0n) is 15.3. The maximum Gasteiger partial charge on any atom is 0.132 e. The third-order valence-electron chi connectivity index (χ3n) is 3.86. The molecule has 0 amide bonds. The number of carbonyl (C=O) groups is 1. The number of hydrogen-bond donors (Lipinski definition) is 0. The summed E-state index contributed by atoms with van der Waals surface area (Å²) in [5.41, 5.74) is 0. The summed E-state index contributed by atoms with van der Waals surface area (Å²) in [6, 6.07) is 0. The van der Waals surface area contributed by atoms with Gasteiger partial charge in [0.05, 0.1) is 0 Å². The third kappa shape index (κ3) is 18.8. The molecule has 0 rings (SSSR count). The molecule has 0 aromatic carbocycles. The van der Waals surface area contributed by atoms with E-state index in [1.54, 1.807) is 0 Å². The Bertz CT molecular complexity index is 314. The van der Waals surface area contributed by atoms with Gasteiger partial charge in [-0.25, -0.2) is 0 Å². The van der Waals surface area contributed by atoms with Crippen LogP contribution in [-0.4, -0.2) is 12.4 Å². The molecule has 0 aromatic heterocycles.